The Hall–Kier alpha value is -1.79. The molecule has 0 bridgehead atoms. The summed E-state index contributed by atoms with van der Waals surface area (Å²) in [4.78, 5) is 13.8. The maximum atomic E-state index is 11.2. The number of rotatable bonds is 3. The molecular formula is C12H13BN2O3. The topological polar surface area (TPSA) is 85.3 Å². The van der Waals surface area contributed by atoms with Gasteiger partial charge in [-0.25, -0.2) is 0 Å². The van der Waals surface area contributed by atoms with E-state index in [-0.39, 0.29) is 11.3 Å². The molecule has 0 amide bonds. The molecule has 2 unspecified atom stereocenters. The molecule has 2 rings (SSSR count). The zero-order chi connectivity index (χ0) is 13.3. The fourth-order valence-corrected chi connectivity index (χ4v) is 1.87. The Balaban J connectivity index is 2.66. The normalized spacial score (nSPS) is 14.6. The zero-order valence-corrected chi connectivity index (χ0v) is 9.84. The second kappa shape index (κ2) is 4.84. The average molecular weight is 244 g/mol. The smallest absolute Gasteiger partial charge is 0.248 e. The third-order valence-corrected chi connectivity index (χ3v) is 2.90. The molecule has 92 valence electrons. The van der Waals surface area contributed by atoms with Gasteiger partial charge in [0.1, 0.15) is 5.75 Å². The van der Waals surface area contributed by atoms with E-state index in [9.17, 15) is 15.0 Å². The molecule has 1 aromatic carbocycles. The standard InChI is InChI=1S/C12H13BN2O3/c1-14-12(13)11(18)7-2-4-8(16)10-6(7)3-5-9(17)15-10/h2-5,11-12,14,16,18H,1H3,(H,15,17). The van der Waals surface area contributed by atoms with Crippen LogP contribution in [-0.4, -0.2) is 36.0 Å². The minimum atomic E-state index is -0.941. The van der Waals surface area contributed by atoms with E-state index in [0.29, 0.717) is 16.5 Å². The maximum Gasteiger partial charge on any atom is 0.248 e. The lowest BCUT2D eigenvalue weighted by molar-refractivity contribution is 0.164. The number of hydrogen-bond acceptors (Lipinski definition) is 4. The molecular weight excluding hydrogens is 231 g/mol. The van der Waals surface area contributed by atoms with Crippen LogP contribution in [-0.2, 0) is 0 Å². The van der Waals surface area contributed by atoms with Crippen molar-refractivity contribution in [1.82, 2.24) is 10.3 Å². The van der Waals surface area contributed by atoms with Crippen LogP contribution in [0.25, 0.3) is 10.9 Å². The molecule has 0 saturated carbocycles. The second-order valence-corrected chi connectivity index (χ2v) is 4.04. The minimum absolute atomic E-state index is 0.0447. The van der Waals surface area contributed by atoms with Crippen LogP contribution in [0.3, 0.4) is 0 Å². The number of aromatic hydroxyl groups is 1. The average Bonchev–Trinajstić information content (AvgIpc) is 2.38. The number of aliphatic hydroxyl groups is 1. The Bertz CT molecular complexity index is 626. The van der Waals surface area contributed by atoms with Crippen LogP contribution in [0.2, 0.25) is 0 Å². The highest BCUT2D eigenvalue weighted by Crippen LogP contribution is 2.29. The molecule has 0 fully saturated rings. The highest BCUT2D eigenvalue weighted by Gasteiger charge is 2.18. The van der Waals surface area contributed by atoms with Gasteiger partial charge in [-0.2, -0.15) is 0 Å². The molecule has 0 aliphatic rings. The first-order valence-electron chi connectivity index (χ1n) is 5.50. The number of aliphatic hydroxyl groups excluding tert-OH is 1. The largest absolute Gasteiger partial charge is 0.506 e. The lowest BCUT2D eigenvalue weighted by Crippen LogP contribution is -2.32. The van der Waals surface area contributed by atoms with Crippen molar-refractivity contribution in [2.24, 2.45) is 0 Å². The van der Waals surface area contributed by atoms with Crippen molar-refractivity contribution < 1.29 is 10.2 Å². The summed E-state index contributed by atoms with van der Waals surface area (Å²) >= 11 is 0. The van der Waals surface area contributed by atoms with Gasteiger partial charge in [-0.1, -0.05) is 6.07 Å². The van der Waals surface area contributed by atoms with E-state index in [4.69, 9.17) is 7.85 Å². The summed E-state index contributed by atoms with van der Waals surface area (Å²) in [5, 5.41) is 23.1. The van der Waals surface area contributed by atoms with Gasteiger partial charge in [-0.05, 0) is 30.7 Å². The minimum Gasteiger partial charge on any atom is -0.506 e. The molecule has 0 aliphatic carbocycles. The molecule has 18 heavy (non-hydrogen) atoms. The molecule has 0 saturated heterocycles. The van der Waals surface area contributed by atoms with Crippen LogP contribution < -0.4 is 10.9 Å². The monoisotopic (exact) mass is 244 g/mol. The number of pyridine rings is 1. The summed E-state index contributed by atoms with van der Waals surface area (Å²) in [6.45, 7) is 0. The van der Waals surface area contributed by atoms with E-state index in [0.717, 1.165) is 0 Å². The van der Waals surface area contributed by atoms with Crippen LogP contribution >= 0.6 is 0 Å². The molecule has 0 aliphatic heterocycles. The molecule has 2 aromatic rings. The summed E-state index contributed by atoms with van der Waals surface area (Å²) in [6.07, 6.45) is -0.941. The highest BCUT2D eigenvalue weighted by molar-refractivity contribution is 6.12. The van der Waals surface area contributed by atoms with Gasteiger partial charge in [0.25, 0.3) is 0 Å². The predicted molar refractivity (Wildman–Crippen MR) is 69.8 cm³/mol. The zero-order valence-electron chi connectivity index (χ0n) is 9.84. The fraction of sp³-hybridized carbons (Fsp3) is 0.250. The number of fused-ring (bicyclic) bond motifs is 1. The molecule has 4 N–H and O–H groups in total. The Morgan fingerprint density at radius 1 is 1.33 bits per heavy atom. The molecule has 1 aromatic heterocycles. The third kappa shape index (κ3) is 2.12. The van der Waals surface area contributed by atoms with E-state index in [1.165, 1.54) is 12.1 Å². The fourth-order valence-electron chi connectivity index (χ4n) is 1.87. The van der Waals surface area contributed by atoms with Gasteiger partial charge in [0.15, 0.2) is 0 Å². The van der Waals surface area contributed by atoms with Gasteiger partial charge >= 0.3 is 0 Å². The molecule has 2 radical (unpaired) electrons. The summed E-state index contributed by atoms with van der Waals surface area (Å²) in [7, 11) is 7.35. The van der Waals surface area contributed by atoms with Gasteiger partial charge in [0.05, 0.1) is 19.5 Å². The van der Waals surface area contributed by atoms with Crippen molar-refractivity contribution >= 4 is 18.7 Å². The van der Waals surface area contributed by atoms with E-state index >= 15 is 0 Å². The van der Waals surface area contributed by atoms with E-state index in [1.807, 2.05) is 0 Å². The van der Waals surface area contributed by atoms with Crippen molar-refractivity contribution in [3.05, 3.63) is 40.2 Å². The van der Waals surface area contributed by atoms with Gasteiger partial charge in [-0.15, -0.1) is 0 Å². The van der Waals surface area contributed by atoms with Crippen molar-refractivity contribution in [3.63, 3.8) is 0 Å². The Labute approximate surface area is 105 Å². The molecule has 6 heteroatoms. The number of benzene rings is 1. The van der Waals surface area contributed by atoms with Crippen LogP contribution in [0.5, 0.6) is 5.75 Å². The van der Waals surface area contributed by atoms with Crippen LogP contribution in [0.1, 0.15) is 11.7 Å². The van der Waals surface area contributed by atoms with Gasteiger partial charge in [-0.3, -0.25) is 4.79 Å². The maximum absolute atomic E-state index is 11.2. The number of aromatic nitrogens is 1. The van der Waals surface area contributed by atoms with Gasteiger partial charge < -0.3 is 20.5 Å². The number of phenolic OH excluding ortho intramolecular Hbond substituents is 1. The summed E-state index contributed by atoms with van der Waals surface area (Å²) in [5.74, 6) is -0.679. The van der Waals surface area contributed by atoms with E-state index in [2.05, 4.69) is 10.3 Å². The first-order chi connectivity index (χ1) is 8.54. The number of nitrogens with one attached hydrogen (secondary N) is 2. The number of likely N-dealkylation sites (N-methyl/N-ethyl adjacent to an activating group) is 1. The quantitative estimate of drug-likeness (QED) is 0.571. The molecule has 0 spiro atoms. The summed E-state index contributed by atoms with van der Waals surface area (Å²) < 4.78 is 0. The lowest BCUT2D eigenvalue weighted by Gasteiger charge is -2.20. The van der Waals surface area contributed by atoms with Crippen LogP contribution in [0, 0.1) is 0 Å². The van der Waals surface area contributed by atoms with Crippen molar-refractivity contribution in [1.29, 1.82) is 0 Å². The lowest BCUT2D eigenvalue weighted by atomic mass is 9.86. The molecule has 5 nitrogen and oxygen atoms in total. The Kier molecular flexibility index (Phi) is 3.40. The third-order valence-electron chi connectivity index (χ3n) is 2.90. The number of phenols is 1. The Morgan fingerprint density at radius 3 is 2.72 bits per heavy atom. The highest BCUT2D eigenvalue weighted by atomic mass is 16.3. The number of aromatic amines is 1. The van der Waals surface area contributed by atoms with Crippen molar-refractivity contribution in [2.45, 2.75) is 12.0 Å². The van der Waals surface area contributed by atoms with Crippen molar-refractivity contribution in [3.8, 4) is 5.75 Å². The summed E-state index contributed by atoms with van der Waals surface area (Å²) in [5.41, 5.74) is 0.519. The molecule has 2 atom stereocenters. The number of hydrogen-bond donors (Lipinski definition) is 4. The summed E-state index contributed by atoms with van der Waals surface area (Å²) in [6, 6.07) is 5.88. The van der Waals surface area contributed by atoms with Crippen LogP contribution in [0.15, 0.2) is 29.1 Å². The van der Waals surface area contributed by atoms with Crippen molar-refractivity contribution in [2.75, 3.05) is 7.05 Å². The first kappa shape index (κ1) is 12.7. The Morgan fingerprint density at radius 2 is 2.06 bits per heavy atom. The van der Waals surface area contributed by atoms with E-state index in [1.54, 1.807) is 19.2 Å². The van der Waals surface area contributed by atoms with Crippen LogP contribution in [0.4, 0.5) is 0 Å². The first-order valence-corrected chi connectivity index (χ1v) is 5.50. The molecule has 1 heterocycles. The van der Waals surface area contributed by atoms with Gasteiger partial charge in [0, 0.05) is 11.5 Å². The predicted octanol–water partition coefficient (Wildman–Crippen LogP) is -0.0189. The second-order valence-electron chi connectivity index (χ2n) is 4.04. The van der Waals surface area contributed by atoms with E-state index < -0.39 is 12.0 Å². The van der Waals surface area contributed by atoms with Gasteiger partial charge in [0.2, 0.25) is 5.56 Å². The number of H-pyrrole nitrogens is 1. The SMILES string of the molecule is [B]C(NC)C(O)c1ccc(O)c2[nH]c(=O)ccc12.